The maximum Gasteiger partial charge on any atom is 0.573 e. The first-order valence-corrected chi connectivity index (χ1v) is 5.77. The van der Waals surface area contributed by atoms with Gasteiger partial charge in [-0.2, -0.15) is 17.6 Å². The molecule has 0 bridgehead atoms. The van der Waals surface area contributed by atoms with Crippen molar-refractivity contribution in [3.8, 4) is 16.9 Å². The van der Waals surface area contributed by atoms with Crippen LogP contribution in [0, 0.1) is 11.8 Å². The normalized spacial score (nSPS) is 12.3. The number of alkyl halides is 6. The van der Waals surface area contributed by atoms with Crippen LogP contribution in [-0.4, -0.2) is 11.3 Å². The van der Waals surface area contributed by atoms with Crippen LogP contribution in [-0.2, 0) is 6.18 Å². The van der Waals surface area contributed by atoms with Gasteiger partial charge < -0.3 is 4.74 Å². The molecule has 1 heterocycles. The largest absolute Gasteiger partial charge is 0.573 e. The summed E-state index contributed by atoms with van der Waals surface area (Å²) in [5.74, 6) is -3.93. The molecule has 0 aliphatic rings. The Kier molecular flexibility index (Phi) is 4.18. The molecule has 0 unspecified atom stereocenters. The van der Waals surface area contributed by atoms with Crippen molar-refractivity contribution in [3.63, 3.8) is 0 Å². The van der Waals surface area contributed by atoms with Crippen molar-refractivity contribution >= 4 is 0 Å². The molecule has 0 aliphatic carbocycles. The van der Waals surface area contributed by atoms with Crippen LogP contribution < -0.4 is 4.74 Å². The van der Waals surface area contributed by atoms with Crippen molar-refractivity contribution < 1.29 is 39.9 Å². The monoisotopic (exact) mass is 343 g/mol. The van der Waals surface area contributed by atoms with E-state index in [1.54, 1.807) is 0 Å². The van der Waals surface area contributed by atoms with Gasteiger partial charge in [0.2, 0.25) is 5.95 Å². The van der Waals surface area contributed by atoms with Gasteiger partial charge >= 0.3 is 12.5 Å². The highest BCUT2D eigenvalue weighted by molar-refractivity contribution is 5.64. The lowest BCUT2D eigenvalue weighted by atomic mass is 10.1. The third-order valence-corrected chi connectivity index (χ3v) is 2.59. The summed E-state index contributed by atoms with van der Waals surface area (Å²) < 4.78 is 104. The SMILES string of the molecule is Fc1cc(C(F)(F)F)nc(F)c1-c1ccc(OC(F)(F)F)cc1. The second-order valence-electron chi connectivity index (χ2n) is 4.23. The highest BCUT2D eigenvalue weighted by Gasteiger charge is 2.35. The third-order valence-electron chi connectivity index (χ3n) is 2.59. The standard InChI is InChI=1S/C13H5F8NO/c14-8-5-9(12(16,17)18)22-11(15)10(8)6-1-3-7(4-2-6)23-13(19,20)21/h1-5H. The van der Waals surface area contributed by atoms with Gasteiger partial charge in [0.25, 0.3) is 0 Å². The van der Waals surface area contributed by atoms with Gasteiger partial charge in [-0.3, -0.25) is 0 Å². The molecule has 10 heteroatoms. The van der Waals surface area contributed by atoms with Gasteiger partial charge in [-0.05, 0) is 17.7 Å². The first kappa shape index (κ1) is 17.0. The predicted octanol–water partition coefficient (Wildman–Crippen LogP) is 4.94. The molecule has 1 aromatic heterocycles. The smallest absolute Gasteiger partial charge is 0.406 e. The van der Waals surface area contributed by atoms with Gasteiger partial charge in [-0.1, -0.05) is 12.1 Å². The van der Waals surface area contributed by atoms with E-state index in [0.29, 0.717) is 0 Å². The van der Waals surface area contributed by atoms with E-state index in [9.17, 15) is 35.1 Å². The minimum Gasteiger partial charge on any atom is -0.406 e. The van der Waals surface area contributed by atoms with E-state index in [0.717, 1.165) is 24.3 Å². The first-order chi connectivity index (χ1) is 10.5. The van der Waals surface area contributed by atoms with Crippen molar-refractivity contribution in [1.82, 2.24) is 4.98 Å². The molecular formula is C13H5F8NO. The van der Waals surface area contributed by atoms with Crippen LogP contribution in [0.5, 0.6) is 5.75 Å². The molecule has 0 fully saturated rings. The van der Waals surface area contributed by atoms with E-state index < -0.39 is 41.3 Å². The topological polar surface area (TPSA) is 22.1 Å². The molecule has 1 aromatic carbocycles. The lowest BCUT2D eigenvalue weighted by Gasteiger charge is -2.11. The number of hydrogen-bond acceptors (Lipinski definition) is 2. The number of pyridine rings is 1. The highest BCUT2D eigenvalue weighted by Crippen LogP contribution is 2.33. The Morgan fingerprint density at radius 2 is 1.43 bits per heavy atom. The average molecular weight is 343 g/mol. The Balaban J connectivity index is 2.39. The Morgan fingerprint density at radius 3 is 1.87 bits per heavy atom. The Hall–Kier alpha value is -2.39. The molecule has 2 aromatic rings. The first-order valence-electron chi connectivity index (χ1n) is 5.77. The molecule has 0 atom stereocenters. The molecule has 2 nitrogen and oxygen atoms in total. The number of rotatable bonds is 2. The number of ether oxygens (including phenoxy) is 1. The zero-order valence-corrected chi connectivity index (χ0v) is 10.8. The van der Waals surface area contributed by atoms with E-state index in [1.165, 1.54) is 0 Å². The van der Waals surface area contributed by atoms with Gasteiger partial charge in [0.15, 0.2) is 5.69 Å². The molecule has 23 heavy (non-hydrogen) atoms. The quantitative estimate of drug-likeness (QED) is 0.569. The summed E-state index contributed by atoms with van der Waals surface area (Å²) in [7, 11) is 0. The van der Waals surface area contributed by atoms with Crippen molar-refractivity contribution in [2.24, 2.45) is 0 Å². The predicted molar refractivity (Wildman–Crippen MR) is 61.3 cm³/mol. The minimum absolute atomic E-state index is 0.00145. The molecule has 124 valence electrons. The van der Waals surface area contributed by atoms with E-state index >= 15 is 0 Å². The van der Waals surface area contributed by atoms with E-state index in [1.807, 2.05) is 0 Å². The maximum atomic E-state index is 13.7. The number of halogens is 8. The molecule has 0 spiro atoms. The molecule has 0 saturated carbocycles. The lowest BCUT2D eigenvalue weighted by Crippen LogP contribution is -2.17. The third kappa shape index (κ3) is 4.08. The van der Waals surface area contributed by atoms with Gasteiger partial charge in [0.1, 0.15) is 11.6 Å². The van der Waals surface area contributed by atoms with Gasteiger partial charge in [0.05, 0.1) is 5.56 Å². The second kappa shape index (κ2) is 5.67. The van der Waals surface area contributed by atoms with Crippen molar-refractivity contribution in [2.75, 3.05) is 0 Å². The van der Waals surface area contributed by atoms with Crippen LogP contribution >= 0.6 is 0 Å². The summed E-state index contributed by atoms with van der Waals surface area (Å²) in [6, 6.07) is 3.24. The Morgan fingerprint density at radius 1 is 0.870 bits per heavy atom. The van der Waals surface area contributed by atoms with Crippen LogP contribution in [0.1, 0.15) is 5.69 Å². The van der Waals surface area contributed by atoms with Crippen LogP contribution in [0.15, 0.2) is 30.3 Å². The van der Waals surface area contributed by atoms with E-state index in [-0.39, 0.29) is 11.6 Å². The molecule has 0 amide bonds. The molecular weight excluding hydrogens is 338 g/mol. The molecule has 0 saturated heterocycles. The van der Waals surface area contributed by atoms with Crippen LogP contribution in [0.2, 0.25) is 0 Å². The molecule has 2 rings (SSSR count). The average Bonchev–Trinajstić information content (AvgIpc) is 2.37. The number of nitrogens with zero attached hydrogens (tertiary/aromatic N) is 1. The van der Waals surface area contributed by atoms with Crippen LogP contribution in [0.25, 0.3) is 11.1 Å². The van der Waals surface area contributed by atoms with E-state index in [2.05, 4.69) is 9.72 Å². The number of benzene rings is 1. The molecule has 0 N–H and O–H groups in total. The summed E-state index contributed by atoms with van der Waals surface area (Å²) in [4.78, 5) is 2.62. The van der Waals surface area contributed by atoms with Gasteiger partial charge in [0, 0.05) is 6.07 Å². The van der Waals surface area contributed by atoms with Crippen molar-refractivity contribution in [1.29, 1.82) is 0 Å². The van der Waals surface area contributed by atoms with Crippen LogP contribution in [0.3, 0.4) is 0 Å². The highest BCUT2D eigenvalue weighted by atomic mass is 19.4. The Bertz CT molecular complexity index is 682. The maximum absolute atomic E-state index is 13.7. The fraction of sp³-hybridized carbons (Fsp3) is 0.154. The molecule has 0 aliphatic heterocycles. The summed E-state index contributed by atoms with van der Waals surface area (Å²) in [5, 5.41) is 0. The van der Waals surface area contributed by atoms with Crippen molar-refractivity contribution in [2.45, 2.75) is 12.5 Å². The van der Waals surface area contributed by atoms with Gasteiger partial charge in [-0.25, -0.2) is 9.37 Å². The summed E-state index contributed by atoms with van der Waals surface area (Å²) in [6.07, 6.45) is -9.99. The number of aromatic nitrogens is 1. The van der Waals surface area contributed by atoms with E-state index in [4.69, 9.17) is 0 Å². The Labute approximate surface area is 123 Å². The summed E-state index contributed by atoms with van der Waals surface area (Å²) in [6.45, 7) is 0. The lowest BCUT2D eigenvalue weighted by molar-refractivity contribution is -0.274. The zero-order chi connectivity index (χ0) is 17.4. The van der Waals surface area contributed by atoms with Crippen molar-refractivity contribution in [3.05, 3.63) is 47.8 Å². The zero-order valence-electron chi connectivity index (χ0n) is 10.8. The minimum atomic E-state index is -5.04. The second-order valence-corrected chi connectivity index (χ2v) is 4.23. The van der Waals surface area contributed by atoms with Crippen LogP contribution in [0.4, 0.5) is 35.1 Å². The summed E-state index contributed by atoms with van der Waals surface area (Å²) >= 11 is 0. The summed E-state index contributed by atoms with van der Waals surface area (Å²) in [5.41, 5.74) is -2.94. The molecule has 0 radical (unpaired) electrons. The fourth-order valence-corrected chi connectivity index (χ4v) is 1.71. The fourth-order valence-electron chi connectivity index (χ4n) is 1.71. The number of hydrogen-bond donors (Lipinski definition) is 0. The van der Waals surface area contributed by atoms with Gasteiger partial charge in [-0.15, -0.1) is 13.2 Å².